The summed E-state index contributed by atoms with van der Waals surface area (Å²) in [6.45, 7) is 3.00. The zero-order valence-corrected chi connectivity index (χ0v) is 10.7. The number of nitrogens with two attached hydrogens (primary N) is 1. The Balaban J connectivity index is 1.83. The molecule has 0 aromatic rings. The molecule has 0 aliphatic heterocycles. The highest BCUT2D eigenvalue weighted by Crippen LogP contribution is 2.50. The molecule has 0 saturated heterocycles. The Morgan fingerprint density at radius 3 is 2.38 bits per heavy atom. The lowest BCUT2D eigenvalue weighted by Crippen LogP contribution is -2.41. The lowest BCUT2D eigenvalue weighted by Gasteiger charge is -2.18. The highest BCUT2D eigenvalue weighted by atomic mass is 32.1. The van der Waals surface area contributed by atoms with Gasteiger partial charge in [0, 0.05) is 6.54 Å². The van der Waals surface area contributed by atoms with E-state index in [1.54, 1.807) is 0 Å². The normalized spacial score (nSPS) is 23.6. The van der Waals surface area contributed by atoms with Gasteiger partial charge >= 0.3 is 0 Å². The third-order valence-electron chi connectivity index (χ3n) is 4.02. The van der Waals surface area contributed by atoms with Crippen molar-refractivity contribution in [3.05, 3.63) is 0 Å². The molecule has 1 amide bonds. The number of amides is 1. The maximum Gasteiger partial charge on any atom is 0.233 e. The molecule has 2 fully saturated rings. The second-order valence-corrected chi connectivity index (χ2v) is 5.82. The summed E-state index contributed by atoms with van der Waals surface area (Å²) < 4.78 is 0. The molecule has 0 bridgehead atoms. The van der Waals surface area contributed by atoms with Crippen molar-refractivity contribution in [1.82, 2.24) is 5.32 Å². The molecule has 3 nitrogen and oxygen atoms in total. The van der Waals surface area contributed by atoms with Crippen molar-refractivity contribution in [2.24, 2.45) is 16.6 Å². The summed E-state index contributed by atoms with van der Waals surface area (Å²) in [6, 6.07) is 0. The second kappa shape index (κ2) is 3.99. The molecule has 0 atom stereocenters. The molecule has 4 heteroatoms. The summed E-state index contributed by atoms with van der Waals surface area (Å²) in [5, 5.41) is 3.05. The maximum atomic E-state index is 12.0. The minimum Gasteiger partial charge on any atom is -0.392 e. The van der Waals surface area contributed by atoms with Crippen LogP contribution < -0.4 is 11.1 Å². The van der Waals surface area contributed by atoms with E-state index in [9.17, 15) is 4.79 Å². The van der Waals surface area contributed by atoms with Crippen LogP contribution in [0.1, 0.15) is 45.4 Å². The summed E-state index contributed by atoms with van der Waals surface area (Å²) in [4.78, 5) is 12.3. The average Bonchev–Trinajstić information content (AvgIpc) is 3.10. The molecule has 0 aromatic heterocycles. The molecule has 0 radical (unpaired) electrons. The van der Waals surface area contributed by atoms with Gasteiger partial charge in [-0.2, -0.15) is 0 Å². The molecular formula is C12H20N2OS. The van der Waals surface area contributed by atoms with Gasteiger partial charge in [0.05, 0.1) is 10.4 Å². The Morgan fingerprint density at radius 2 is 2.00 bits per heavy atom. The summed E-state index contributed by atoms with van der Waals surface area (Å²) in [5.41, 5.74) is 5.53. The fourth-order valence-corrected chi connectivity index (χ4v) is 2.67. The molecule has 2 aliphatic rings. The smallest absolute Gasteiger partial charge is 0.233 e. The first-order valence-corrected chi connectivity index (χ1v) is 6.54. The summed E-state index contributed by atoms with van der Waals surface area (Å²) >= 11 is 4.96. The van der Waals surface area contributed by atoms with E-state index >= 15 is 0 Å². The number of carbonyl (C=O) groups excluding carboxylic acids is 1. The van der Waals surface area contributed by atoms with Crippen LogP contribution in [0.5, 0.6) is 0 Å². The van der Waals surface area contributed by atoms with Crippen molar-refractivity contribution in [2.45, 2.75) is 45.4 Å². The molecule has 0 unspecified atom stereocenters. The van der Waals surface area contributed by atoms with E-state index in [4.69, 9.17) is 18.0 Å². The Hall–Kier alpha value is -0.640. The van der Waals surface area contributed by atoms with Crippen LogP contribution in [0.4, 0.5) is 0 Å². The molecule has 90 valence electrons. The van der Waals surface area contributed by atoms with Crippen LogP contribution >= 0.6 is 12.2 Å². The maximum absolute atomic E-state index is 12.0. The molecule has 3 N–H and O–H groups in total. The molecule has 0 heterocycles. The van der Waals surface area contributed by atoms with Crippen LogP contribution in [0, 0.1) is 10.8 Å². The van der Waals surface area contributed by atoms with Crippen molar-refractivity contribution in [2.75, 3.05) is 6.54 Å². The largest absolute Gasteiger partial charge is 0.392 e. The van der Waals surface area contributed by atoms with Crippen LogP contribution in [0.2, 0.25) is 0 Å². The topological polar surface area (TPSA) is 55.1 Å². The standard InChI is InChI=1S/C12H20N2OS/c1-2-3-11(4-5-11)8-14-10(15)12(6-7-12)9(13)16/h2-8H2,1H3,(H2,13,16)(H,14,15). The van der Waals surface area contributed by atoms with Gasteiger partial charge in [-0.15, -0.1) is 0 Å². The number of hydrogen-bond acceptors (Lipinski definition) is 2. The Morgan fingerprint density at radius 1 is 1.38 bits per heavy atom. The molecule has 2 saturated carbocycles. The van der Waals surface area contributed by atoms with Gasteiger partial charge in [-0.1, -0.05) is 25.6 Å². The molecule has 0 aromatic carbocycles. The van der Waals surface area contributed by atoms with Crippen LogP contribution in [0.3, 0.4) is 0 Å². The highest BCUT2D eigenvalue weighted by Gasteiger charge is 2.53. The van der Waals surface area contributed by atoms with Gasteiger partial charge in [-0.3, -0.25) is 4.79 Å². The van der Waals surface area contributed by atoms with Gasteiger partial charge in [-0.25, -0.2) is 0 Å². The van der Waals surface area contributed by atoms with E-state index in [2.05, 4.69) is 12.2 Å². The quantitative estimate of drug-likeness (QED) is 0.695. The van der Waals surface area contributed by atoms with Gasteiger partial charge in [-0.05, 0) is 37.5 Å². The Bertz CT molecular complexity index is 319. The van der Waals surface area contributed by atoms with Gasteiger partial charge < -0.3 is 11.1 Å². The van der Waals surface area contributed by atoms with E-state index in [-0.39, 0.29) is 5.91 Å². The van der Waals surface area contributed by atoms with Gasteiger partial charge in [0.25, 0.3) is 0 Å². The molecule has 2 aliphatic carbocycles. The van der Waals surface area contributed by atoms with Crippen molar-refractivity contribution < 1.29 is 4.79 Å². The molecular weight excluding hydrogens is 220 g/mol. The van der Waals surface area contributed by atoms with Crippen molar-refractivity contribution in [3.63, 3.8) is 0 Å². The molecule has 0 spiro atoms. The van der Waals surface area contributed by atoms with E-state index in [1.165, 1.54) is 25.7 Å². The number of thiocarbonyl (C=S) groups is 1. The fraction of sp³-hybridized carbons (Fsp3) is 0.833. The van der Waals surface area contributed by atoms with Crippen molar-refractivity contribution in [3.8, 4) is 0 Å². The lowest BCUT2D eigenvalue weighted by atomic mass is 10.00. The summed E-state index contributed by atoms with van der Waals surface area (Å²) in [6.07, 6.45) is 6.57. The van der Waals surface area contributed by atoms with Gasteiger partial charge in [0.1, 0.15) is 0 Å². The summed E-state index contributed by atoms with van der Waals surface area (Å²) in [7, 11) is 0. The predicted octanol–water partition coefficient (Wildman–Crippen LogP) is 1.75. The van der Waals surface area contributed by atoms with E-state index in [0.29, 0.717) is 10.4 Å². The predicted molar refractivity (Wildman–Crippen MR) is 68.0 cm³/mol. The Kier molecular flexibility index (Phi) is 2.95. The zero-order chi connectivity index (χ0) is 11.8. The SMILES string of the molecule is CCCC1(CNC(=O)C2(C(N)=S)CC2)CC1. The minimum absolute atomic E-state index is 0.0578. The van der Waals surface area contributed by atoms with E-state index < -0.39 is 5.41 Å². The number of rotatable bonds is 6. The van der Waals surface area contributed by atoms with Gasteiger partial charge in [0.15, 0.2) is 0 Å². The first-order chi connectivity index (χ1) is 7.55. The molecule has 2 rings (SSSR count). The van der Waals surface area contributed by atoms with Crippen molar-refractivity contribution in [1.29, 1.82) is 0 Å². The second-order valence-electron chi connectivity index (χ2n) is 5.38. The first-order valence-electron chi connectivity index (χ1n) is 6.13. The fourth-order valence-electron chi connectivity index (χ4n) is 2.37. The van der Waals surface area contributed by atoms with Gasteiger partial charge in [0.2, 0.25) is 5.91 Å². The Labute approximate surface area is 102 Å². The number of nitrogens with one attached hydrogen (secondary N) is 1. The number of carbonyl (C=O) groups is 1. The minimum atomic E-state index is -0.488. The first kappa shape index (κ1) is 11.8. The highest BCUT2D eigenvalue weighted by molar-refractivity contribution is 7.80. The number of hydrogen-bond donors (Lipinski definition) is 2. The average molecular weight is 240 g/mol. The van der Waals surface area contributed by atoms with E-state index in [1.807, 2.05) is 0 Å². The van der Waals surface area contributed by atoms with Crippen LogP contribution in [-0.2, 0) is 4.79 Å². The van der Waals surface area contributed by atoms with Crippen molar-refractivity contribution >= 4 is 23.1 Å². The third kappa shape index (κ3) is 2.08. The van der Waals surface area contributed by atoms with Crippen LogP contribution in [-0.4, -0.2) is 17.4 Å². The van der Waals surface area contributed by atoms with Crippen LogP contribution in [0.25, 0.3) is 0 Å². The third-order valence-corrected chi connectivity index (χ3v) is 4.41. The molecule has 16 heavy (non-hydrogen) atoms. The van der Waals surface area contributed by atoms with Crippen LogP contribution in [0.15, 0.2) is 0 Å². The zero-order valence-electron chi connectivity index (χ0n) is 9.84. The summed E-state index contributed by atoms with van der Waals surface area (Å²) in [5.74, 6) is 0.0578. The lowest BCUT2D eigenvalue weighted by molar-refractivity contribution is -0.124. The monoisotopic (exact) mass is 240 g/mol. The van der Waals surface area contributed by atoms with E-state index in [0.717, 1.165) is 19.4 Å².